The summed E-state index contributed by atoms with van der Waals surface area (Å²) < 4.78 is 38.3. The summed E-state index contributed by atoms with van der Waals surface area (Å²) >= 11 is 6.00. The first kappa shape index (κ1) is 14.5. The van der Waals surface area contributed by atoms with Gasteiger partial charge < -0.3 is 11.1 Å². The quantitative estimate of drug-likeness (QED) is 0.767. The number of nitrogens with one attached hydrogen (secondary N) is 1. The van der Waals surface area contributed by atoms with Crippen LogP contribution in [0.5, 0.6) is 0 Å². The van der Waals surface area contributed by atoms with Gasteiger partial charge in [0.05, 0.1) is 16.3 Å². The van der Waals surface area contributed by atoms with Crippen molar-refractivity contribution in [2.45, 2.75) is 13.1 Å². The number of nitrogens with two attached hydrogens (primary N) is 1. The predicted octanol–water partition coefficient (Wildman–Crippen LogP) is 4.99. The second kappa shape index (κ2) is 5.25. The van der Waals surface area contributed by atoms with Crippen LogP contribution < -0.4 is 11.1 Å². The number of alkyl halides is 3. The lowest BCUT2D eigenvalue weighted by atomic mass is 10.1. The molecule has 2 nitrogen and oxygen atoms in total. The zero-order valence-corrected chi connectivity index (χ0v) is 11.3. The van der Waals surface area contributed by atoms with Gasteiger partial charge in [0.15, 0.2) is 0 Å². The number of aryl methyl sites for hydroxylation is 1. The van der Waals surface area contributed by atoms with Gasteiger partial charge in [-0.3, -0.25) is 0 Å². The monoisotopic (exact) mass is 300 g/mol. The molecule has 0 aliphatic rings. The van der Waals surface area contributed by atoms with Crippen LogP contribution in [0.15, 0.2) is 36.4 Å². The van der Waals surface area contributed by atoms with Crippen LogP contribution in [-0.4, -0.2) is 0 Å². The maximum Gasteiger partial charge on any atom is 0.418 e. The second-order valence-electron chi connectivity index (χ2n) is 4.41. The number of benzene rings is 2. The molecule has 3 N–H and O–H groups in total. The Hall–Kier alpha value is -1.88. The van der Waals surface area contributed by atoms with E-state index in [1.165, 1.54) is 12.1 Å². The van der Waals surface area contributed by atoms with Crippen LogP contribution in [0.3, 0.4) is 0 Å². The molecule has 0 aliphatic carbocycles. The van der Waals surface area contributed by atoms with Crippen LogP contribution in [0.25, 0.3) is 0 Å². The summed E-state index contributed by atoms with van der Waals surface area (Å²) in [6, 6.07) is 8.91. The molecule has 0 atom stereocenters. The van der Waals surface area contributed by atoms with E-state index in [0.717, 1.165) is 11.6 Å². The van der Waals surface area contributed by atoms with Gasteiger partial charge in [0.25, 0.3) is 0 Å². The smallest absolute Gasteiger partial charge is 0.398 e. The van der Waals surface area contributed by atoms with E-state index < -0.39 is 11.7 Å². The van der Waals surface area contributed by atoms with Crippen LogP contribution in [0.4, 0.5) is 30.2 Å². The Kier molecular flexibility index (Phi) is 3.81. The van der Waals surface area contributed by atoms with Gasteiger partial charge >= 0.3 is 6.18 Å². The van der Waals surface area contributed by atoms with Crippen molar-refractivity contribution in [3.05, 3.63) is 52.5 Å². The van der Waals surface area contributed by atoms with E-state index >= 15 is 0 Å². The summed E-state index contributed by atoms with van der Waals surface area (Å²) in [6.45, 7) is 1.87. The predicted molar refractivity (Wildman–Crippen MR) is 75.3 cm³/mol. The van der Waals surface area contributed by atoms with Gasteiger partial charge in [0, 0.05) is 11.4 Å². The van der Waals surface area contributed by atoms with Crippen LogP contribution in [0, 0.1) is 6.92 Å². The van der Waals surface area contributed by atoms with E-state index in [4.69, 9.17) is 17.3 Å². The molecular weight excluding hydrogens is 289 g/mol. The van der Waals surface area contributed by atoms with E-state index in [1.807, 2.05) is 13.0 Å². The van der Waals surface area contributed by atoms with Crippen molar-refractivity contribution >= 4 is 28.7 Å². The number of hydrogen-bond donors (Lipinski definition) is 2. The summed E-state index contributed by atoms with van der Waals surface area (Å²) in [5.74, 6) is 0. The fourth-order valence-electron chi connectivity index (χ4n) is 1.77. The van der Waals surface area contributed by atoms with Crippen LogP contribution >= 0.6 is 11.6 Å². The number of nitrogen functional groups attached to an aromatic ring is 1. The van der Waals surface area contributed by atoms with Crippen molar-refractivity contribution in [2.75, 3.05) is 11.1 Å². The molecule has 2 aromatic carbocycles. The second-order valence-corrected chi connectivity index (χ2v) is 4.82. The third-order valence-corrected chi connectivity index (χ3v) is 3.09. The molecule has 6 heteroatoms. The van der Waals surface area contributed by atoms with E-state index in [-0.39, 0.29) is 11.4 Å². The molecule has 0 aliphatic heterocycles. The van der Waals surface area contributed by atoms with Gasteiger partial charge in [-0.05, 0) is 42.8 Å². The van der Waals surface area contributed by atoms with Gasteiger partial charge in [0.1, 0.15) is 0 Å². The third kappa shape index (κ3) is 3.17. The molecule has 0 radical (unpaired) electrons. The molecule has 2 rings (SSSR count). The first-order chi connectivity index (χ1) is 9.27. The zero-order valence-electron chi connectivity index (χ0n) is 10.6. The lowest BCUT2D eigenvalue weighted by molar-refractivity contribution is -0.136. The summed E-state index contributed by atoms with van der Waals surface area (Å²) in [4.78, 5) is 0. The molecule has 2 aromatic rings. The van der Waals surface area contributed by atoms with Gasteiger partial charge in [-0.2, -0.15) is 13.2 Å². The minimum atomic E-state index is -4.49. The largest absolute Gasteiger partial charge is 0.418 e. The van der Waals surface area contributed by atoms with Crippen LogP contribution in [0.2, 0.25) is 5.02 Å². The molecule has 0 saturated heterocycles. The highest BCUT2D eigenvalue weighted by molar-refractivity contribution is 6.33. The summed E-state index contributed by atoms with van der Waals surface area (Å²) in [5, 5.41) is 3.30. The number of halogens is 4. The number of rotatable bonds is 2. The lowest BCUT2D eigenvalue weighted by Crippen LogP contribution is -2.09. The van der Waals surface area contributed by atoms with Crippen LogP contribution in [-0.2, 0) is 6.18 Å². The highest BCUT2D eigenvalue weighted by Gasteiger charge is 2.33. The third-order valence-electron chi connectivity index (χ3n) is 2.76. The highest BCUT2D eigenvalue weighted by Crippen LogP contribution is 2.36. The average molecular weight is 301 g/mol. The number of hydrogen-bond acceptors (Lipinski definition) is 2. The first-order valence-corrected chi connectivity index (χ1v) is 6.15. The molecule has 0 aromatic heterocycles. The lowest BCUT2D eigenvalue weighted by Gasteiger charge is -2.14. The van der Waals surface area contributed by atoms with E-state index in [2.05, 4.69) is 5.32 Å². The van der Waals surface area contributed by atoms with Gasteiger partial charge in [0.2, 0.25) is 0 Å². The van der Waals surface area contributed by atoms with Gasteiger partial charge in [-0.15, -0.1) is 0 Å². The fraction of sp³-hybridized carbons (Fsp3) is 0.143. The van der Waals surface area contributed by atoms with Crippen molar-refractivity contribution in [1.29, 1.82) is 0 Å². The SMILES string of the molecule is Cc1ccc(Cl)c(Nc2ccc(N)c(C(F)(F)F)c2)c1. The molecule has 0 unspecified atom stereocenters. The molecule has 106 valence electrons. The Bertz CT molecular complexity index is 639. The van der Waals surface area contributed by atoms with Gasteiger partial charge in [-0.1, -0.05) is 17.7 Å². The molecule has 0 bridgehead atoms. The molecule has 20 heavy (non-hydrogen) atoms. The summed E-state index contributed by atoms with van der Waals surface area (Å²) in [6.07, 6.45) is -4.49. The Morgan fingerprint density at radius 2 is 1.80 bits per heavy atom. The summed E-state index contributed by atoms with van der Waals surface area (Å²) in [7, 11) is 0. The standard InChI is InChI=1S/C14H12ClF3N2/c1-8-2-4-11(15)13(6-8)20-9-3-5-12(19)10(7-9)14(16,17)18/h2-7,20H,19H2,1H3. The first-order valence-electron chi connectivity index (χ1n) is 5.77. The number of anilines is 3. The Labute approximate surface area is 119 Å². The molecule has 0 amide bonds. The fourth-order valence-corrected chi connectivity index (χ4v) is 1.93. The highest BCUT2D eigenvalue weighted by atomic mass is 35.5. The topological polar surface area (TPSA) is 38.0 Å². The Morgan fingerprint density at radius 3 is 2.45 bits per heavy atom. The molecular formula is C14H12ClF3N2. The Morgan fingerprint density at radius 1 is 1.10 bits per heavy atom. The Balaban J connectivity index is 2.37. The van der Waals surface area contributed by atoms with E-state index in [9.17, 15) is 13.2 Å². The molecule has 0 heterocycles. The van der Waals surface area contributed by atoms with Crippen LogP contribution in [0.1, 0.15) is 11.1 Å². The van der Waals surface area contributed by atoms with Crippen molar-refractivity contribution in [3.8, 4) is 0 Å². The average Bonchev–Trinajstić information content (AvgIpc) is 2.35. The van der Waals surface area contributed by atoms with Gasteiger partial charge in [-0.25, -0.2) is 0 Å². The van der Waals surface area contributed by atoms with Crippen molar-refractivity contribution in [2.24, 2.45) is 0 Å². The maximum absolute atomic E-state index is 12.8. The van der Waals surface area contributed by atoms with E-state index in [0.29, 0.717) is 10.7 Å². The van der Waals surface area contributed by atoms with E-state index in [1.54, 1.807) is 12.1 Å². The zero-order chi connectivity index (χ0) is 14.9. The minimum Gasteiger partial charge on any atom is -0.398 e. The van der Waals surface area contributed by atoms with Crippen molar-refractivity contribution in [3.63, 3.8) is 0 Å². The maximum atomic E-state index is 12.8. The minimum absolute atomic E-state index is 0.277. The molecule has 0 saturated carbocycles. The summed E-state index contributed by atoms with van der Waals surface area (Å²) in [5.41, 5.74) is 5.94. The molecule has 0 spiro atoms. The van der Waals surface area contributed by atoms with Crippen molar-refractivity contribution in [1.82, 2.24) is 0 Å². The van der Waals surface area contributed by atoms with Crippen molar-refractivity contribution < 1.29 is 13.2 Å². The molecule has 0 fully saturated rings. The normalized spacial score (nSPS) is 11.4.